The molecule has 0 saturated heterocycles. The van der Waals surface area contributed by atoms with E-state index in [9.17, 15) is 4.79 Å². The van der Waals surface area contributed by atoms with Gasteiger partial charge in [-0.25, -0.2) is 0 Å². The van der Waals surface area contributed by atoms with E-state index >= 15 is 0 Å². The Morgan fingerprint density at radius 1 is 1.46 bits per heavy atom. The van der Waals surface area contributed by atoms with Crippen LogP contribution < -0.4 is 4.74 Å². The number of ether oxygens (including phenoxy) is 1. The van der Waals surface area contributed by atoms with Crippen LogP contribution in [0.25, 0.3) is 0 Å². The van der Waals surface area contributed by atoms with Crippen LogP contribution in [0.4, 0.5) is 0 Å². The zero-order valence-corrected chi connectivity index (χ0v) is 8.63. The topological polar surface area (TPSA) is 26.3 Å². The number of ketones is 1. The number of fused-ring (bicyclic) bond motifs is 1. The highest BCUT2D eigenvalue weighted by Crippen LogP contribution is 2.26. The number of alkyl halides is 1. The summed E-state index contributed by atoms with van der Waals surface area (Å²) in [6, 6.07) is 5.70. The second-order valence-corrected chi connectivity index (χ2v) is 3.55. The Morgan fingerprint density at radius 2 is 2.31 bits per heavy atom. The van der Waals surface area contributed by atoms with E-state index in [0.29, 0.717) is 13.0 Å². The van der Waals surface area contributed by atoms with Crippen molar-refractivity contribution in [2.75, 3.05) is 6.61 Å². The van der Waals surface area contributed by atoms with Gasteiger partial charge in [-0.1, -0.05) is 22.0 Å². The smallest absolute Gasteiger partial charge is 0.169 e. The molecule has 0 radical (unpaired) electrons. The molecule has 0 spiro atoms. The van der Waals surface area contributed by atoms with Crippen molar-refractivity contribution in [3.63, 3.8) is 0 Å². The van der Waals surface area contributed by atoms with E-state index in [0.717, 1.165) is 22.2 Å². The highest BCUT2D eigenvalue weighted by molar-refractivity contribution is 9.08. The molecular weight excluding hydrogens is 232 g/mol. The molecule has 2 rings (SSSR count). The molecule has 1 aliphatic heterocycles. The molecule has 0 saturated carbocycles. The fourth-order valence-electron chi connectivity index (χ4n) is 1.39. The molecule has 0 unspecified atom stereocenters. The number of halogens is 1. The van der Waals surface area contributed by atoms with Crippen molar-refractivity contribution >= 4 is 21.7 Å². The standard InChI is InChI=1S/C10H9BrO2/c11-6-7-1-2-8-9(12)3-4-13-10(8)5-7/h1-2,5H,3-4,6H2. The SMILES string of the molecule is O=C1CCOc2cc(CBr)ccc21. The zero-order chi connectivity index (χ0) is 9.26. The Hall–Kier alpha value is -0.830. The Kier molecular flexibility index (Phi) is 2.36. The van der Waals surface area contributed by atoms with Gasteiger partial charge in [-0.3, -0.25) is 4.79 Å². The maximum Gasteiger partial charge on any atom is 0.169 e. The molecule has 2 nitrogen and oxygen atoms in total. The van der Waals surface area contributed by atoms with Crippen LogP contribution in [0.1, 0.15) is 22.3 Å². The number of Topliss-reactive ketones (excluding diaryl/α,β-unsaturated/α-hetero) is 1. The first-order valence-electron chi connectivity index (χ1n) is 4.16. The molecule has 0 aromatic heterocycles. The van der Waals surface area contributed by atoms with E-state index in [1.54, 1.807) is 0 Å². The summed E-state index contributed by atoms with van der Waals surface area (Å²) in [5.74, 6) is 0.913. The monoisotopic (exact) mass is 240 g/mol. The summed E-state index contributed by atoms with van der Waals surface area (Å²) in [6.45, 7) is 0.511. The molecule has 0 bridgehead atoms. The van der Waals surface area contributed by atoms with Crippen molar-refractivity contribution in [3.8, 4) is 5.75 Å². The van der Waals surface area contributed by atoms with Gasteiger partial charge in [-0.05, 0) is 17.7 Å². The number of rotatable bonds is 1. The zero-order valence-electron chi connectivity index (χ0n) is 7.05. The predicted molar refractivity (Wildman–Crippen MR) is 53.5 cm³/mol. The van der Waals surface area contributed by atoms with Gasteiger partial charge in [0.1, 0.15) is 5.75 Å². The average molecular weight is 241 g/mol. The maximum absolute atomic E-state index is 11.4. The van der Waals surface area contributed by atoms with E-state index in [1.165, 1.54) is 0 Å². The Balaban J connectivity index is 2.45. The largest absolute Gasteiger partial charge is 0.492 e. The minimum Gasteiger partial charge on any atom is -0.492 e. The van der Waals surface area contributed by atoms with Crippen LogP contribution in [-0.4, -0.2) is 12.4 Å². The Bertz CT molecular complexity index is 347. The van der Waals surface area contributed by atoms with Crippen molar-refractivity contribution in [1.82, 2.24) is 0 Å². The minimum atomic E-state index is 0.183. The van der Waals surface area contributed by atoms with Crippen molar-refractivity contribution < 1.29 is 9.53 Å². The summed E-state index contributed by atoms with van der Waals surface area (Å²) in [5, 5.41) is 0.790. The lowest BCUT2D eigenvalue weighted by Crippen LogP contribution is -2.15. The minimum absolute atomic E-state index is 0.183. The van der Waals surface area contributed by atoms with Gasteiger partial charge in [0, 0.05) is 11.8 Å². The third-order valence-corrected chi connectivity index (χ3v) is 2.73. The van der Waals surface area contributed by atoms with Gasteiger partial charge in [0.05, 0.1) is 12.2 Å². The molecule has 0 N–H and O–H groups in total. The van der Waals surface area contributed by atoms with E-state index < -0.39 is 0 Å². The summed E-state index contributed by atoms with van der Waals surface area (Å²) in [6.07, 6.45) is 0.501. The molecule has 0 fully saturated rings. The van der Waals surface area contributed by atoms with Gasteiger partial charge in [-0.2, -0.15) is 0 Å². The lowest BCUT2D eigenvalue weighted by Gasteiger charge is -2.16. The lowest BCUT2D eigenvalue weighted by atomic mass is 10.0. The van der Waals surface area contributed by atoms with E-state index in [2.05, 4.69) is 15.9 Å². The predicted octanol–water partition coefficient (Wildman–Crippen LogP) is 2.55. The van der Waals surface area contributed by atoms with Gasteiger partial charge in [0.15, 0.2) is 5.78 Å². The van der Waals surface area contributed by atoms with Crippen LogP contribution in [0.3, 0.4) is 0 Å². The van der Waals surface area contributed by atoms with Gasteiger partial charge < -0.3 is 4.74 Å². The fraction of sp³-hybridized carbons (Fsp3) is 0.300. The van der Waals surface area contributed by atoms with Gasteiger partial charge >= 0.3 is 0 Å². The summed E-state index contributed by atoms with van der Waals surface area (Å²) in [4.78, 5) is 11.4. The van der Waals surface area contributed by atoms with Crippen LogP contribution >= 0.6 is 15.9 Å². The highest BCUT2D eigenvalue weighted by atomic mass is 79.9. The molecule has 3 heteroatoms. The summed E-state index contributed by atoms with van der Waals surface area (Å²) >= 11 is 3.36. The molecule has 0 aliphatic carbocycles. The van der Waals surface area contributed by atoms with Crippen molar-refractivity contribution in [2.45, 2.75) is 11.8 Å². The first-order chi connectivity index (χ1) is 6.31. The molecule has 0 atom stereocenters. The van der Waals surface area contributed by atoms with Crippen LogP contribution in [0.2, 0.25) is 0 Å². The first kappa shape index (κ1) is 8.75. The fourth-order valence-corrected chi connectivity index (χ4v) is 1.74. The van der Waals surface area contributed by atoms with Crippen molar-refractivity contribution in [3.05, 3.63) is 29.3 Å². The molecular formula is C10H9BrO2. The van der Waals surface area contributed by atoms with Crippen molar-refractivity contribution in [2.24, 2.45) is 0 Å². The number of hydrogen-bond acceptors (Lipinski definition) is 2. The second kappa shape index (κ2) is 3.50. The average Bonchev–Trinajstić information content (AvgIpc) is 2.18. The van der Waals surface area contributed by atoms with Crippen LogP contribution in [-0.2, 0) is 5.33 Å². The Labute approximate surface area is 85.0 Å². The molecule has 0 amide bonds. The molecule has 1 aromatic rings. The lowest BCUT2D eigenvalue weighted by molar-refractivity contribution is 0.0933. The van der Waals surface area contributed by atoms with Gasteiger partial charge in [-0.15, -0.1) is 0 Å². The maximum atomic E-state index is 11.4. The van der Waals surface area contributed by atoms with Crippen LogP contribution in [0, 0.1) is 0 Å². The van der Waals surface area contributed by atoms with E-state index in [4.69, 9.17) is 4.74 Å². The van der Waals surface area contributed by atoms with E-state index in [1.807, 2.05) is 18.2 Å². The van der Waals surface area contributed by atoms with Crippen LogP contribution in [0.15, 0.2) is 18.2 Å². The molecule has 1 aliphatic rings. The van der Waals surface area contributed by atoms with Crippen LogP contribution in [0.5, 0.6) is 5.75 Å². The number of carbonyl (C=O) groups excluding carboxylic acids is 1. The quantitative estimate of drug-likeness (QED) is 0.706. The number of hydrogen-bond donors (Lipinski definition) is 0. The van der Waals surface area contributed by atoms with Gasteiger partial charge in [0.25, 0.3) is 0 Å². The molecule has 1 aromatic carbocycles. The molecule has 1 heterocycles. The number of benzene rings is 1. The first-order valence-corrected chi connectivity index (χ1v) is 5.28. The van der Waals surface area contributed by atoms with Gasteiger partial charge in [0.2, 0.25) is 0 Å². The van der Waals surface area contributed by atoms with Crippen molar-refractivity contribution in [1.29, 1.82) is 0 Å². The molecule has 68 valence electrons. The summed E-state index contributed by atoms with van der Waals surface area (Å²) in [5.41, 5.74) is 1.85. The third-order valence-electron chi connectivity index (χ3n) is 2.09. The Morgan fingerprint density at radius 3 is 3.08 bits per heavy atom. The second-order valence-electron chi connectivity index (χ2n) is 2.99. The highest BCUT2D eigenvalue weighted by Gasteiger charge is 2.17. The number of carbonyl (C=O) groups is 1. The third kappa shape index (κ3) is 1.61. The molecule has 13 heavy (non-hydrogen) atoms. The summed E-state index contributed by atoms with van der Waals surface area (Å²) in [7, 11) is 0. The summed E-state index contributed by atoms with van der Waals surface area (Å²) < 4.78 is 5.39. The van der Waals surface area contributed by atoms with E-state index in [-0.39, 0.29) is 5.78 Å². The normalized spacial score (nSPS) is 15.0.